The summed E-state index contributed by atoms with van der Waals surface area (Å²) in [6.07, 6.45) is 1.59. The highest BCUT2D eigenvalue weighted by molar-refractivity contribution is 9.28. The molecule has 2 atom stereocenters. The Morgan fingerprint density at radius 3 is 2.79 bits per heavy atom. The van der Waals surface area contributed by atoms with Gasteiger partial charge >= 0.3 is 5.97 Å². The number of carbonyl (C=O) groups excluding carboxylic acids is 2. The highest BCUT2D eigenvalue weighted by atomic mass is 79.9. The highest BCUT2D eigenvalue weighted by Crippen LogP contribution is 2.41. The molecule has 1 aromatic heterocycles. The van der Waals surface area contributed by atoms with Gasteiger partial charge in [-0.25, -0.2) is 9.78 Å². The molecule has 1 unspecified atom stereocenters. The predicted octanol–water partition coefficient (Wildman–Crippen LogP) is 1.45. The maximum atomic E-state index is 12.7. The second-order valence-electron chi connectivity index (χ2n) is 5.67. The third-order valence-corrected chi connectivity index (χ3v) is 6.37. The molecule has 2 amide bonds. The van der Waals surface area contributed by atoms with E-state index in [1.54, 1.807) is 11.5 Å². The number of allylic oxidation sites excluding steroid dienone is 1. The van der Waals surface area contributed by atoms with Gasteiger partial charge in [0.05, 0.1) is 3.39 Å². The zero-order valence-corrected chi connectivity index (χ0v) is 19.4. The monoisotopic (exact) mass is 565 g/mol. The molecular formula is C15H13Br2N5O5S2. The number of halogens is 2. The Morgan fingerprint density at radius 2 is 2.24 bits per heavy atom. The lowest BCUT2D eigenvalue weighted by atomic mass is 10.0. The van der Waals surface area contributed by atoms with Crippen molar-refractivity contribution in [2.75, 3.05) is 18.6 Å². The van der Waals surface area contributed by atoms with Crippen LogP contribution in [0.1, 0.15) is 5.69 Å². The number of aliphatic carboxylic acids is 1. The number of anilines is 1. The maximum absolute atomic E-state index is 12.7. The van der Waals surface area contributed by atoms with Crippen molar-refractivity contribution < 1.29 is 24.3 Å². The van der Waals surface area contributed by atoms with E-state index in [1.165, 1.54) is 23.8 Å². The van der Waals surface area contributed by atoms with Crippen LogP contribution in [0.25, 0.3) is 0 Å². The molecule has 29 heavy (non-hydrogen) atoms. The fourth-order valence-electron chi connectivity index (χ4n) is 2.79. The number of β-lactam (4-membered cyclic amide) rings is 1. The average molecular weight is 567 g/mol. The number of nitrogens with zero attached hydrogens (tertiary/aromatic N) is 3. The number of rotatable bonds is 6. The number of nitrogen functional groups attached to an aromatic ring is 1. The van der Waals surface area contributed by atoms with E-state index < -0.39 is 29.2 Å². The normalized spacial score (nSPS) is 21.3. The SMILES string of the molecule is CON=C(C(=O)NC1C(=O)N2C(C(=O)O)=C(C=C(Br)Br)CS[C@H]12)c1csc(N)n1. The van der Waals surface area contributed by atoms with Gasteiger partial charge in [0.25, 0.3) is 11.8 Å². The molecule has 3 rings (SSSR count). The largest absolute Gasteiger partial charge is 0.477 e. The first-order valence-corrected chi connectivity index (χ1v) is 11.3. The summed E-state index contributed by atoms with van der Waals surface area (Å²) >= 11 is 8.86. The predicted molar refractivity (Wildman–Crippen MR) is 116 cm³/mol. The molecule has 1 fully saturated rings. The number of amides is 2. The molecule has 0 spiro atoms. The third kappa shape index (κ3) is 4.34. The first-order chi connectivity index (χ1) is 13.7. The Balaban J connectivity index is 1.82. The molecule has 0 saturated carbocycles. The summed E-state index contributed by atoms with van der Waals surface area (Å²) in [5.74, 6) is -2.07. The number of carbonyl (C=O) groups is 3. The number of nitrogens with two attached hydrogens (primary N) is 1. The number of aromatic nitrogens is 1. The van der Waals surface area contributed by atoms with Crippen molar-refractivity contribution in [2.24, 2.45) is 5.16 Å². The molecule has 1 saturated heterocycles. The number of carboxylic acid groups (broad SMARTS) is 1. The van der Waals surface area contributed by atoms with E-state index in [0.29, 0.717) is 14.7 Å². The number of nitrogens with one attached hydrogen (secondary N) is 1. The fraction of sp³-hybridized carbons (Fsp3) is 0.267. The lowest BCUT2D eigenvalue weighted by Crippen LogP contribution is -2.71. The van der Waals surface area contributed by atoms with Crippen molar-refractivity contribution in [1.29, 1.82) is 0 Å². The van der Waals surface area contributed by atoms with Crippen LogP contribution < -0.4 is 11.1 Å². The topological polar surface area (TPSA) is 147 Å². The summed E-state index contributed by atoms with van der Waals surface area (Å²) < 4.78 is 0.554. The van der Waals surface area contributed by atoms with E-state index in [1.807, 2.05) is 0 Å². The van der Waals surface area contributed by atoms with Crippen molar-refractivity contribution in [3.63, 3.8) is 0 Å². The van der Waals surface area contributed by atoms with E-state index in [0.717, 1.165) is 11.3 Å². The Labute approximate surface area is 189 Å². The van der Waals surface area contributed by atoms with Crippen molar-refractivity contribution >= 4 is 83.6 Å². The first-order valence-electron chi connectivity index (χ1n) is 7.81. The summed E-state index contributed by atoms with van der Waals surface area (Å²) in [5, 5.41) is 17.1. The van der Waals surface area contributed by atoms with Gasteiger partial charge in [-0.3, -0.25) is 14.5 Å². The Kier molecular flexibility index (Phi) is 6.65. The molecule has 14 heteroatoms. The van der Waals surface area contributed by atoms with Gasteiger partial charge in [-0.1, -0.05) is 5.16 Å². The highest BCUT2D eigenvalue weighted by Gasteiger charge is 2.54. The smallest absolute Gasteiger partial charge is 0.352 e. The third-order valence-electron chi connectivity index (χ3n) is 3.93. The Hall–Kier alpha value is -1.90. The lowest BCUT2D eigenvalue weighted by molar-refractivity contribution is -0.150. The zero-order valence-electron chi connectivity index (χ0n) is 14.6. The van der Waals surface area contributed by atoms with Crippen LogP contribution >= 0.6 is 55.0 Å². The summed E-state index contributed by atoms with van der Waals surface area (Å²) in [5.41, 5.74) is 6.04. The molecule has 0 aliphatic carbocycles. The van der Waals surface area contributed by atoms with E-state index in [4.69, 9.17) is 10.6 Å². The minimum absolute atomic E-state index is 0.112. The van der Waals surface area contributed by atoms with Gasteiger partial charge in [-0.05, 0) is 43.5 Å². The van der Waals surface area contributed by atoms with Crippen LogP contribution in [-0.2, 0) is 19.2 Å². The number of carboxylic acids is 1. The molecule has 0 radical (unpaired) electrons. The second kappa shape index (κ2) is 8.85. The number of fused-ring (bicyclic) bond motifs is 1. The summed E-state index contributed by atoms with van der Waals surface area (Å²) in [6.45, 7) is 0. The van der Waals surface area contributed by atoms with Gasteiger partial charge < -0.3 is 21.0 Å². The molecule has 10 nitrogen and oxygen atoms in total. The average Bonchev–Trinajstić information content (AvgIpc) is 3.08. The molecule has 1 aromatic rings. The van der Waals surface area contributed by atoms with Crippen molar-refractivity contribution in [1.82, 2.24) is 15.2 Å². The summed E-state index contributed by atoms with van der Waals surface area (Å²) in [7, 11) is 1.28. The quantitative estimate of drug-likeness (QED) is 0.266. The molecular weight excluding hydrogens is 554 g/mol. The van der Waals surface area contributed by atoms with Gasteiger partial charge in [-0.15, -0.1) is 23.1 Å². The van der Waals surface area contributed by atoms with Crippen LogP contribution in [0.5, 0.6) is 0 Å². The molecule has 0 aromatic carbocycles. The number of thiazole rings is 1. The minimum Gasteiger partial charge on any atom is -0.477 e. The van der Waals surface area contributed by atoms with Crippen LogP contribution in [0, 0.1) is 0 Å². The van der Waals surface area contributed by atoms with Crippen LogP contribution in [0.2, 0.25) is 0 Å². The number of thioether (sulfide) groups is 1. The zero-order chi connectivity index (χ0) is 21.3. The van der Waals surface area contributed by atoms with Gasteiger partial charge in [0.15, 0.2) is 10.8 Å². The fourth-order valence-corrected chi connectivity index (χ4v) is 5.19. The molecule has 154 valence electrons. The Morgan fingerprint density at radius 1 is 1.52 bits per heavy atom. The van der Waals surface area contributed by atoms with Crippen LogP contribution in [0.15, 0.2) is 31.3 Å². The molecule has 4 N–H and O–H groups in total. The summed E-state index contributed by atoms with van der Waals surface area (Å²) in [6, 6.07) is -0.905. The second-order valence-corrected chi connectivity index (χ2v) is 10.4. The van der Waals surface area contributed by atoms with Crippen LogP contribution in [0.4, 0.5) is 5.13 Å². The molecule has 0 bridgehead atoms. The van der Waals surface area contributed by atoms with E-state index in [2.05, 4.69) is 47.3 Å². The number of hydrogen-bond acceptors (Lipinski definition) is 9. The molecule has 2 aliphatic rings. The first kappa shape index (κ1) is 21.8. The van der Waals surface area contributed by atoms with Crippen molar-refractivity contribution in [2.45, 2.75) is 11.4 Å². The van der Waals surface area contributed by atoms with Crippen LogP contribution in [0.3, 0.4) is 0 Å². The van der Waals surface area contributed by atoms with E-state index in [9.17, 15) is 19.5 Å². The van der Waals surface area contributed by atoms with Crippen LogP contribution in [-0.4, -0.2) is 62.8 Å². The number of oxime groups is 1. The minimum atomic E-state index is -1.22. The van der Waals surface area contributed by atoms with Gasteiger partial charge in [0, 0.05) is 11.1 Å². The van der Waals surface area contributed by atoms with Crippen molar-refractivity contribution in [3.8, 4) is 0 Å². The maximum Gasteiger partial charge on any atom is 0.352 e. The lowest BCUT2D eigenvalue weighted by Gasteiger charge is -2.49. The van der Waals surface area contributed by atoms with Gasteiger partial charge in [-0.2, -0.15) is 0 Å². The summed E-state index contributed by atoms with van der Waals surface area (Å²) in [4.78, 5) is 46.9. The van der Waals surface area contributed by atoms with E-state index in [-0.39, 0.29) is 22.2 Å². The Bertz CT molecular complexity index is 972. The van der Waals surface area contributed by atoms with Crippen molar-refractivity contribution in [3.05, 3.63) is 31.8 Å². The van der Waals surface area contributed by atoms with Gasteiger partial charge in [0.1, 0.15) is 29.9 Å². The number of hydrogen-bond donors (Lipinski definition) is 3. The molecule has 2 aliphatic heterocycles. The van der Waals surface area contributed by atoms with E-state index >= 15 is 0 Å². The standard InChI is InChI=1S/C15H13Br2N5O5S2/c1-27-21-8(6-4-29-15(18)19-6)11(23)20-9-12(24)22-10(14(25)26)5(2-7(16)17)3-28-13(9)22/h2,4,9,13H,3H2,1H3,(H2,18,19)(H,20,23)(H,25,26)/t9?,13-/m1/s1. The molecule has 3 heterocycles. The van der Waals surface area contributed by atoms with Gasteiger partial charge in [0.2, 0.25) is 0 Å².